The zero-order valence-electron chi connectivity index (χ0n) is 17.3. The summed E-state index contributed by atoms with van der Waals surface area (Å²) < 4.78 is 0. The van der Waals surface area contributed by atoms with Crippen molar-refractivity contribution in [3.05, 3.63) is 70.8 Å². The van der Waals surface area contributed by atoms with Crippen LogP contribution in [0.3, 0.4) is 0 Å². The van der Waals surface area contributed by atoms with Gasteiger partial charge in [-0.15, -0.1) is 6.58 Å². The smallest absolute Gasteiger partial charge is 0.0734 e. The lowest BCUT2D eigenvalue weighted by Crippen LogP contribution is -2.34. The molecule has 142 valence electrons. The maximum Gasteiger partial charge on any atom is 0.0734 e. The van der Waals surface area contributed by atoms with Gasteiger partial charge >= 0.3 is 0 Å². The second-order valence-corrected chi connectivity index (χ2v) is 9.13. The van der Waals surface area contributed by atoms with E-state index in [-0.39, 0.29) is 10.8 Å². The first-order valence-corrected chi connectivity index (χ1v) is 9.77. The lowest BCUT2D eigenvalue weighted by atomic mass is 9.62. The number of rotatable bonds is 4. The number of nitrogens with zero attached hydrogens (tertiary/aromatic N) is 1. The van der Waals surface area contributed by atoms with E-state index in [9.17, 15) is 0 Å². The number of fused-ring (bicyclic) bond motifs is 1. The fourth-order valence-electron chi connectivity index (χ4n) is 4.34. The van der Waals surface area contributed by atoms with E-state index in [0.29, 0.717) is 0 Å². The molecule has 1 N–H and O–H groups in total. The minimum Gasteiger partial charge on any atom is -0.411 e. The molecule has 0 atom stereocenters. The molecule has 0 bridgehead atoms. The van der Waals surface area contributed by atoms with E-state index in [1.165, 1.54) is 52.4 Å². The molecule has 0 saturated carbocycles. The zero-order chi connectivity index (χ0) is 19.8. The third kappa shape index (κ3) is 3.58. The molecule has 3 rings (SSSR count). The first-order chi connectivity index (χ1) is 12.7. The minimum absolute atomic E-state index is 0.177. The van der Waals surface area contributed by atoms with E-state index in [4.69, 9.17) is 5.21 Å². The van der Waals surface area contributed by atoms with Crippen LogP contribution in [0.15, 0.2) is 48.1 Å². The van der Waals surface area contributed by atoms with Crippen molar-refractivity contribution in [1.82, 2.24) is 0 Å². The fraction of sp³-hybridized carbons (Fsp3) is 0.400. The minimum atomic E-state index is 0.177. The summed E-state index contributed by atoms with van der Waals surface area (Å²) in [4.78, 5) is 0. The summed E-state index contributed by atoms with van der Waals surface area (Å²) in [6, 6.07) is 11.0. The van der Waals surface area contributed by atoms with Gasteiger partial charge in [0.1, 0.15) is 0 Å². The molecule has 1 aliphatic rings. The van der Waals surface area contributed by atoms with Crippen LogP contribution in [0.2, 0.25) is 0 Å². The highest BCUT2D eigenvalue weighted by Crippen LogP contribution is 2.47. The Morgan fingerprint density at radius 3 is 2.22 bits per heavy atom. The third-order valence-electron chi connectivity index (χ3n) is 6.19. The van der Waals surface area contributed by atoms with E-state index < -0.39 is 0 Å². The summed E-state index contributed by atoms with van der Waals surface area (Å²) in [5, 5.41) is 12.2. The number of hydrogen-bond donors (Lipinski definition) is 1. The molecule has 1 aliphatic carbocycles. The van der Waals surface area contributed by atoms with Gasteiger partial charge in [0.25, 0.3) is 0 Å². The molecule has 2 aromatic rings. The third-order valence-corrected chi connectivity index (χ3v) is 6.19. The van der Waals surface area contributed by atoms with Crippen LogP contribution in [0.5, 0.6) is 0 Å². The van der Waals surface area contributed by atoms with Crippen molar-refractivity contribution in [3.8, 4) is 11.1 Å². The maximum atomic E-state index is 8.95. The quantitative estimate of drug-likeness (QED) is 0.285. The summed E-state index contributed by atoms with van der Waals surface area (Å²) in [6.07, 6.45) is 6.67. The van der Waals surface area contributed by atoms with Gasteiger partial charge in [-0.1, -0.05) is 63.2 Å². The van der Waals surface area contributed by atoms with Crippen LogP contribution in [0.25, 0.3) is 11.1 Å². The molecule has 27 heavy (non-hydrogen) atoms. The monoisotopic (exact) mass is 361 g/mol. The molecule has 2 heteroatoms. The van der Waals surface area contributed by atoms with Gasteiger partial charge in [0.05, 0.1) is 6.21 Å². The van der Waals surface area contributed by atoms with E-state index in [0.717, 1.165) is 12.0 Å². The molecule has 0 saturated heterocycles. The zero-order valence-corrected chi connectivity index (χ0v) is 17.3. The lowest BCUT2D eigenvalue weighted by molar-refractivity contribution is 0.322. The summed E-state index contributed by atoms with van der Waals surface area (Å²) in [6.45, 7) is 15.6. The molecule has 2 aromatic carbocycles. The Kier molecular flexibility index (Phi) is 5.03. The molecule has 0 aliphatic heterocycles. The van der Waals surface area contributed by atoms with Crippen molar-refractivity contribution in [3.63, 3.8) is 0 Å². The van der Waals surface area contributed by atoms with Crippen LogP contribution in [0, 0.1) is 6.92 Å². The molecule has 0 unspecified atom stereocenters. The first kappa shape index (κ1) is 19.4. The van der Waals surface area contributed by atoms with Crippen molar-refractivity contribution in [2.45, 2.75) is 64.7 Å². The van der Waals surface area contributed by atoms with Gasteiger partial charge in [0.15, 0.2) is 0 Å². The van der Waals surface area contributed by atoms with Gasteiger partial charge in [-0.25, -0.2) is 0 Å². The Morgan fingerprint density at radius 1 is 1.00 bits per heavy atom. The van der Waals surface area contributed by atoms with Crippen molar-refractivity contribution >= 4 is 6.21 Å². The summed E-state index contributed by atoms with van der Waals surface area (Å²) in [5.41, 5.74) is 9.25. The standard InChI is InChI=1S/C25H31NO/c1-7-8-19-10-9-18(16-26-27)14-21(19)20-15-23-22(13-17(20)2)24(3,4)11-12-25(23,5)6/h7,9-10,13-16,27H,1,8,11-12H2,2-6H3/b26-16+. The maximum absolute atomic E-state index is 8.95. The summed E-state index contributed by atoms with van der Waals surface area (Å²) >= 11 is 0. The summed E-state index contributed by atoms with van der Waals surface area (Å²) in [5.74, 6) is 0. The Labute approximate surface area is 163 Å². The van der Waals surface area contributed by atoms with Gasteiger partial charge in [-0.2, -0.15) is 0 Å². The Morgan fingerprint density at radius 2 is 1.63 bits per heavy atom. The average Bonchev–Trinajstić information content (AvgIpc) is 2.61. The number of oxime groups is 1. The Bertz CT molecular complexity index is 903. The number of hydrogen-bond acceptors (Lipinski definition) is 2. The molecule has 0 spiro atoms. The van der Waals surface area contributed by atoms with E-state index >= 15 is 0 Å². The van der Waals surface area contributed by atoms with Gasteiger partial charge in [0, 0.05) is 0 Å². The van der Waals surface area contributed by atoms with E-state index in [2.05, 4.69) is 70.6 Å². The molecule has 0 aromatic heterocycles. The van der Waals surface area contributed by atoms with Gasteiger partial charge in [-0.05, 0) is 82.0 Å². The Balaban J connectivity index is 2.27. The molecular formula is C25H31NO. The van der Waals surface area contributed by atoms with Crippen LogP contribution in [0.4, 0.5) is 0 Å². The van der Waals surface area contributed by atoms with E-state index in [1.54, 1.807) is 0 Å². The highest BCUT2D eigenvalue weighted by molar-refractivity contribution is 5.84. The van der Waals surface area contributed by atoms with Crippen LogP contribution in [-0.4, -0.2) is 11.4 Å². The predicted octanol–water partition coefficient (Wildman–Crippen LogP) is 6.55. The number of allylic oxidation sites excluding steroid dienone is 1. The predicted molar refractivity (Wildman–Crippen MR) is 115 cm³/mol. The van der Waals surface area contributed by atoms with Gasteiger partial charge < -0.3 is 5.21 Å². The fourth-order valence-corrected chi connectivity index (χ4v) is 4.34. The molecule has 0 amide bonds. The van der Waals surface area contributed by atoms with Crippen molar-refractivity contribution in [2.75, 3.05) is 0 Å². The highest BCUT2D eigenvalue weighted by atomic mass is 16.4. The van der Waals surface area contributed by atoms with E-state index in [1.807, 2.05) is 12.1 Å². The SMILES string of the molecule is C=CCc1ccc(/C=N/O)cc1-c1cc2c(cc1C)C(C)(C)CCC2(C)C. The van der Waals surface area contributed by atoms with Crippen molar-refractivity contribution in [1.29, 1.82) is 0 Å². The van der Waals surface area contributed by atoms with Gasteiger partial charge in [0.2, 0.25) is 0 Å². The molecular weight excluding hydrogens is 330 g/mol. The van der Waals surface area contributed by atoms with Crippen LogP contribution in [0.1, 0.15) is 68.4 Å². The Hall–Kier alpha value is -2.35. The highest BCUT2D eigenvalue weighted by Gasteiger charge is 2.37. The number of benzene rings is 2. The second-order valence-electron chi connectivity index (χ2n) is 9.13. The number of aryl methyl sites for hydroxylation is 1. The van der Waals surface area contributed by atoms with Crippen molar-refractivity contribution in [2.24, 2.45) is 5.16 Å². The molecule has 0 heterocycles. The van der Waals surface area contributed by atoms with Crippen LogP contribution < -0.4 is 0 Å². The normalized spacial score (nSPS) is 17.7. The van der Waals surface area contributed by atoms with Crippen molar-refractivity contribution < 1.29 is 5.21 Å². The molecule has 0 radical (unpaired) electrons. The largest absolute Gasteiger partial charge is 0.411 e. The average molecular weight is 362 g/mol. The second kappa shape index (κ2) is 6.99. The molecule has 2 nitrogen and oxygen atoms in total. The topological polar surface area (TPSA) is 32.6 Å². The lowest BCUT2D eigenvalue weighted by Gasteiger charge is -2.42. The van der Waals surface area contributed by atoms with Crippen LogP contribution in [-0.2, 0) is 17.3 Å². The molecule has 0 fully saturated rings. The first-order valence-electron chi connectivity index (χ1n) is 9.77. The van der Waals surface area contributed by atoms with Gasteiger partial charge in [-0.3, -0.25) is 0 Å². The summed E-state index contributed by atoms with van der Waals surface area (Å²) in [7, 11) is 0. The van der Waals surface area contributed by atoms with Crippen LogP contribution >= 0.6 is 0 Å².